The molecule has 0 radical (unpaired) electrons. The number of carbonyl (C=O) groups excluding carboxylic acids is 1. The molecule has 0 saturated carbocycles. The fourth-order valence-electron chi connectivity index (χ4n) is 3.45. The van der Waals surface area contributed by atoms with Gasteiger partial charge >= 0.3 is 0 Å². The van der Waals surface area contributed by atoms with E-state index in [0.717, 1.165) is 30.2 Å². The fraction of sp³-hybridized carbons (Fsp3) is 0.333. The Morgan fingerprint density at radius 1 is 0.964 bits per heavy atom. The van der Waals surface area contributed by atoms with Crippen LogP contribution in [0.1, 0.15) is 16.8 Å². The second-order valence-electron chi connectivity index (χ2n) is 7.19. The second kappa shape index (κ2) is 7.80. The lowest BCUT2D eigenvalue weighted by Crippen LogP contribution is -2.49. The van der Waals surface area contributed by atoms with Gasteiger partial charge in [-0.2, -0.15) is 5.10 Å². The number of carbonyl (C=O) groups is 1. The van der Waals surface area contributed by atoms with Crippen molar-refractivity contribution in [3.8, 4) is 5.82 Å². The third-order valence-corrected chi connectivity index (χ3v) is 4.99. The minimum Gasteiger partial charge on any atom is -0.352 e. The zero-order chi connectivity index (χ0) is 19.5. The van der Waals surface area contributed by atoms with Gasteiger partial charge in [-0.25, -0.2) is 4.68 Å². The number of rotatable bonds is 4. The molecule has 28 heavy (non-hydrogen) atoms. The van der Waals surface area contributed by atoms with Gasteiger partial charge in [0.25, 0.3) is 0 Å². The van der Waals surface area contributed by atoms with Crippen molar-refractivity contribution in [2.75, 3.05) is 31.1 Å². The number of hydrogen-bond acceptors (Lipinski definition) is 5. The second-order valence-corrected chi connectivity index (χ2v) is 7.19. The summed E-state index contributed by atoms with van der Waals surface area (Å²) in [7, 11) is 0. The molecule has 1 amide bonds. The number of aryl methyl sites for hydroxylation is 2. The fourth-order valence-corrected chi connectivity index (χ4v) is 3.45. The number of anilines is 1. The Hall–Kier alpha value is -3.22. The Kier molecular flexibility index (Phi) is 5.06. The van der Waals surface area contributed by atoms with E-state index in [1.807, 2.05) is 61.3 Å². The highest BCUT2D eigenvalue weighted by atomic mass is 16.2. The average molecular weight is 376 g/mol. The summed E-state index contributed by atoms with van der Waals surface area (Å²) in [6, 6.07) is 14.0. The van der Waals surface area contributed by atoms with Crippen LogP contribution in [-0.2, 0) is 11.2 Å². The van der Waals surface area contributed by atoms with Gasteiger partial charge in [-0.15, -0.1) is 10.2 Å². The van der Waals surface area contributed by atoms with E-state index in [4.69, 9.17) is 0 Å². The molecule has 1 aliphatic heterocycles. The summed E-state index contributed by atoms with van der Waals surface area (Å²) in [5.41, 5.74) is 3.20. The molecule has 0 spiro atoms. The first-order valence-electron chi connectivity index (χ1n) is 9.53. The minimum atomic E-state index is 0.181. The van der Waals surface area contributed by atoms with Crippen LogP contribution >= 0.6 is 0 Å². The number of hydrogen-bond donors (Lipinski definition) is 0. The molecule has 0 atom stereocenters. The van der Waals surface area contributed by atoms with Gasteiger partial charge in [0, 0.05) is 32.4 Å². The predicted octanol–water partition coefficient (Wildman–Crippen LogP) is 2.17. The Morgan fingerprint density at radius 2 is 1.71 bits per heavy atom. The highest BCUT2D eigenvalue weighted by Gasteiger charge is 2.22. The van der Waals surface area contributed by atoms with Crippen molar-refractivity contribution < 1.29 is 4.79 Å². The SMILES string of the molecule is Cc1cccc(CC(=O)N2CCN(c3ccc(-n4ccc(C)n4)nn3)CC2)c1. The molecule has 1 aliphatic rings. The maximum absolute atomic E-state index is 12.6. The van der Waals surface area contributed by atoms with Gasteiger partial charge in [-0.05, 0) is 37.6 Å². The number of nitrogens with zero attached hydrogens (tertiary/aromatic N) is 6. The molecule has 0 bridgehead atoms. The number of piperazine rings is 1. The van der Waals surface area contributed by atoms with Crippen LogP contribution in [0, 0.1) is 13.8 Å². The summed E-state index contributed by atoms with van der Waals surface area (Å²) in [6.45, 7) is 6.91. The maximum Gasteiger partial charge on any atom is 0.227 e. The van der Waals surface area contributed by atoms with Gasteiger partial charge in [0.15, 0.2) is 11.6 Å². The molecule has 3 aromatic rings. The van der Waals surface area contributed by atoms with Gasteiger partial charge in [0.2, 0.25) is 5.91 Å². The summed E-state index contributed by atoms with van der Waals surface area (Å²) >= 11 is 0. The van der Waals surface area contributed by atoms with Crippen molar-refractivity contribution in [3.63, 3.8) is 0 Å². The molecule has 1 saturated heterocycles. The van der Waals surface area contributed by atoms with Crippen molar-refractivity contribution in [1.82, 2.24) is 24.9 Å². The van der Waals surface area contributed by atoms with Crippen LogP contribution in [0.5, 0.6) is 0 Å². The molecule has 7 heteroatoms. The standard InChI is InChI=1S/C21H24N6O/c1-16-4-3-5-18(14-16)15-21(28)26-12-10-25(11-13-26)19-6-7-20(23-22-19)27-9-8-17(2)24-27/h3-9,14H,10-13,15H2,1-2H3. The minimum absolute atomic E-state index is 0.181. The van der Waals surface area contributed by atoms with E-state index in [1.54, 1.807) is 4.68 Å². The molecule has 0 N–H and O–H groups in total. The summed E-state index contributed by atoms with van der Waals surface area (Å²) in [4.78, 5) is 16.7. The highest BCUT2D eigenvalue weighted by Crippen LogP contribution is 2.15. The lowest BCUT2D eigenvalue weighted by molar-refractivity contribution is -0.130. The molecule has 3 heterocycles. The van der Waals surface area contributed by atoms with E-state index >= 15 is 0 Å². The summed E-state index contributed by atoms with van der Waals surface area (Å²) in [5.74, 6) is 1.71. The van der Waals surface area contributed by atoms with E-state index in [0.29, 0.717) is 25.3 Å². The highest BCUT2D eigenvalue weighted by molar-refractivity contribution is 5.79. The zero-order valence-electron chi connectivity index (χ0n) is 16.2. The molecule has 144 valence electrons. The molecular weight excluding hydrogens is 352 g/mol. The lowest BCUT2D eigenvalue weighted by atomic mass is 10.1. The van der Waals surface area contributed by atoms with E-state index in [2.05, 4.69) is 26.3 Å². The third-order valence-electron chi connectivity index (χ3n) is 4.99. The zero-order valence-corrected chi connectivity index (χ0v) is 16.2. The monoisotopic (exact) mass is 376 g/mol. The Morgan fingerprint density at radius 3 is 2.36 bits per heavy atom. The first kappa shape index (κ1) is 18.2. The molecule has 1 fully saturated rings. The van der Waals surface area contributed by atoms with Crippen molar-refractivity contribution in [2.45, 2.75) is 20.3 Å². The molecule has 7 nitrogen and oxygen atoms in total. The van der Waals surface area contributed by atoms with E-state index in [-0.39, 0.29) is 5.91 Å². The third kappa shape index (κ3) is 4.03. The van der Waals surface area contributed by atoms with E-state index in [1.165, 1.54) is 5.56 Å². The Balaban J connectivity index is 1.34. The van der Waals surface area contributed by atoms with Crippen LogP contribution in [-0.4, -0.2) is 57.0 Å². The quantitative estimate of drug-likeness (QED) is 0.698. The number of benzene rings is 1. The Bertz CT molecular complexity index is 957. The van der Waals surface area contributed by atoms with Crippen molar-refractivity contribution >= 4 is 11.7 Å². The van der Waals surface area contributed by atoms with E-state index < -0.39 is 0 Å². The van der Waals surface area contributed by atoms with Crippen LogP contribution in [0.2, 0.25) is 0 Å². The maximum atomic E-state index is 12.6. The molecule has 2 aromatic heterocycles. The smallest absolute Gasteiger partial charge is 0.227 e. The average Bonchev–Trinajstić information content (AvgIpc) is 3.15. The van der Waals surface area contributed by atoms with Gasteiger partial charge in [-0.3, -0.25) is 4.79 Å². The number of amides is 1. The van der Waals surface area contributed by atoms with Crippen LogP contribution in [0.4, 0.5) is 5.82 Å². The molecule has 4 rings (SSSR count). The van der Waals surface area contributed by atoms with Crippen LogP contribution in [0.15, 0.2) is 48.7 Å². The molecule has 0 unspecified atom stereocenters. The van der Waals surface area contributed by atoms with Gasteiger partial charge < -0.3 is 9.80 Å². The van der Waals surface area contributed by atoms with Crippen LogP contribution in [0.25, 0.3) is 5.82 Å². The largest absolute Gasteiger partial charge is 0.352 e. The van der Waals surface area contributed by atoms with Gasteiger partial charge in [0.05, 0.1) is 12.1 Å². The summed E-state index contributed by atoms with van der Waals surface area (Å²) in [6.07, 6.45) is 2.33. The molecule has 1 aromatic carbocycles. The first-order chi connectivity index (χ1) is 13.6. The van der Waals surface area contributed by atoms with E-state index in [9.17, 15) is 4.79 Å². The van der Waals surface area contributed by atoms with Crippen molar-refractivity contribution in [3.05, 3.63) is 65.5 Å². The normalized spacial score (nSPS) is 14.4. The van der Waals surface area contributed by atoms with Crippen LogP contribution in [0.3, 0.4) is 0 Å². The lowest BCUT2D eigenvalue weighted by Gasteiger charge is -2.35. The predicted molar refractivity (Wildman–Crippen MR) is 108 cm³/mol. The molecule has 0 aliphatic carbocycles. The van der Waals surface area contributed by atoms with Gasteiger partial charge in [0.1, 0.15) is 0 Å². The molecular formula is C21H24N6O. The van der Waals surface area contributed by atoms with Gasteiger partial charge in [-0.1, -0.05) is 29.8 Å². The van der Waals surface area contributed by atoms with Crippen LogP contribution < -0.4 is 4.90 Å². The first-order valence-corrected chi connectivity index (χ1v) is 9.53. The van der Waals surface area contributed by atoms with Crippen molar-refractivity contribution in [1.29, 1.82) is 0 Å². The van der Waals surface area contributed by atoms with Crippen molar-refractivity contribution in [2.24, 2.45) is 0 Å². The Labute approximate surface area is 164 Å². The number of aromatic nitrogens is 4. The summed E-state index contributed by atoms with van der Waals surface area (Å²) < 4.78 is 1.72. The topological polar surface area (TPSA) is 67.2 Å². The summed E-state index contributed by atoms with van der Waals surface area (Å²) in [5, 5.41) is 13.0.